The Morgan fingerprint density at radius 2 is 1.11 bits per heavy atom. The minimum Gasteiger partial charge on any atom is -0.477 e. The van der Waals surface area contributed by atoms with Gasteiger partial charge in [0.25, 0.3) is 11.8 Å². The van der Waals surface area contributed by atoms with Crippen LogP contribution in [0.25, 0.3) is 21.5 Å². The molecule has 10 bridgehead atoms. The maximum Gasteiger partial charge on any atom is 0.325 e. The lowest BCUT2D eigenvalue weighted by Crippen LogP contribution is -2.65. The monoisotopic (exact) mass is 1100 g/mol. The van der Waals surface area contributed by atoms with Crippen LogP contribution in [0, 0.1) is 28.6 Å². The van der Waals surface area contributed by atoms with E-state index in [0.717, 1.165) is 21.7 Å². The minimum absolute atomic E-state index is 0.0196. The van der Waals surface area contributed by atoms with Crippen LogP contribution in [0.15, 0.2) is 60.9 Å². The van der Waals surface area contributed by atoms with Crippen LogP contribution in [0.1, 0.15) is 125 Å². The van der Waals surface area contributed by atoms with Gasteiger partial charge < -0.3 is 40.8 Å². The molecule has 22 heteroatoms. The van der Waals surface area contributed by atoms with Crippen molar-refractivity contribution in [2.75, 3.05) is 26.3 Å². The van der Waals surface area contributed by atoms with Crippen molar-refractivity contribution in [2.24, 2.45) is 28.6 Å². The van der Waals surface area contributed by atoms with Gasteiger partial charge in [0.15, 0.2) is 0 Å². The van der Waals surface area contributed by atoms with Gasteiger partial charge in [-0.15, -0.1) is 0 Å². The number of hydrazine groups is 2. The fourth-order valence-electron chi connectivity index (χ4n) is 10.5. The number of nitrogens with zero attached hydrogens (tertiary/aromatic N) is 4. The van der Waals surface area contributed by atoms with Gasteiger partial charge in [0.05, 0.1) is 16.9 Å². The topological polar surface area (TPSA) is 281 Å². The van der Waals surface area contributed by atoms with Crippen molar-refractivity contribution in [1.29, 1.82) is 0 Å². The Bertz CT molecular complexity index is 3040. The molecule has 2 saturated heterocycles. The molecule has 8 rings (SSSR count). The summed E-state index contributed by atoms with van der Waals surface area (Å²) < 4.78 is 18.5. The Hall–Kier alpha value is -7.46. The summed E-state index contributed by atoms with van der Waals surface area (Å²) >= 11 is 0. The van der Waals surface area contributed by atoms with Crippen molar-refractivity contribution >= 4 is 68.9 Å². The number of pyridine rings is 2. The van der Waals surface area contributed by atoms with Crippen LogP contribution >= 0.6 is 0 Å². The van der Waals surface area contributed by atoms with Crippen LogP contribution in [0.2, 0.25) is 0 Å². The first-order valence-electron chi connectivity index (χ1n) is 27.7. The van der Waals surface area contributed by atoms with Crippen LogP contribution in [0.4, 0.5) is 0 Å². The standard InChI is InChI=1S/C58H77N11O11/c1-30(2)46-49(70)63-34(7)53(74)69-20-18-38(48(67-69)51(72)61-32(5)36-14-16-39-26-59-44(23-41(39)21-36)78-28-57(9,10)55(76)64-46)25-58(11)29-79-45-24-42-22-37(15-17-40(42)27-60-45)35(8)80-54(75)43-13-12-19-68(66-43)52(73)33(6)62-50(71)47(31(3)4)65-56(58)77/h14-17,21-24,26-27,30-35,38,43,46-48,66-67H,12-13,18-20,25,28-29H2,1-11H3,(H,61,72)(H,62,71)(H,63,70)(H,64,76)(H,65,77)/t32-,33+,34+,35-,38?,43-,46+,47+,48+,58?/m1/s1. The first-order valence-corrected chi connectivity index (χ1v) is 27.7. The van der Waals surface area contributed by atoms with Gasteiger partial charge in [0, 0.05) is 48.4 Å². The number of aromatic nitrogens is 2. The number of amides is 7. The summed E-state index contributed by atoms with van der Waals surface area (Å²) in [6.07, 6.45) is 3.72. The third kappa shape index (κ3) is 13.2. The third-order valence-corrected chi connectivity index (χ3v) is 15.8. The SMILES string of the molecule is CC(C)[C@@H]1NC(=O)C(C)(C)COc2cc3cc(ccc3cn2)[C@@H](C)NC(=O)[C@H]2NN(CCC2CC2(C)COc3cc4cc(ccc4cn3)[C@@H](C)OC(=O)[C@H]3CCCN(N3)C(=O)[C@H](C)NC(=O)[C@H](C(C)C)NC2=O)C(=O)[C@H](C)NC1=O. The summed E-state index contributed by atoms with van der Waals surface area (Å²) in [5, 5.41) is 20.2. The quantitative estimate of drug-likeness (QED) is 0.142. The van der Waals surface area contributed by atoms with Crippen LogP contribution in [0.5, 0.6) is 11.8 Å². The number of cyclic esters (lactones) is 1. The molecule has 4 aromatic rings. The molecule has 22 nitrogen and oxygen atoms in total. The van der Waals surface area contributed by atoms with E-state index < -0.39 is 118 Å². The van der Waals surface area contributed by atoms with Gasteiger partial charge >= 0.3 is 5.97 Å². The Balaban J connectivity index is 1.14. The molecule has 0 spiro atoms. The molecule has 4 aliphatic heterocycles. The largest absolute Gasteiger partial charge is 0.477 e. The second kappa shape index (κ2) is 24.1. The lowest BCUT2D eigenvalue weighted by Gasteiger charge is -2.43. The van der Waals surface area contributed by atoms with Gasteiger partial charge in [-0.05, 0) is 126 Å². The number of hydrogen-bond donors (Lipinski definition) is 7. The number of benzene rings is 2. The molecule has 2 unspecified atom stereocenters. The fourth-order valence-corrected chi connectivity index (χ4v) is 10.5. The normalized spacial score (nSPS) is 29.0. The third-order valence-electron chi connectivity index (χ3n) is 15.8. The Morgan fingerprint density at radius 1 is 0.588 bits per heavy atom. The number of hydrogen-bond acceptors (Lipinski definition) is 15. The second-order valence-corrected chi connectivity index (χ2v) is 23.6. The van der Waals surface area contributed by atoms with Gasteiger partial charge in [0.1, 0.15) is 55.6 Å². The average Bonchev–Trinajstić information content (AvgIpc) is 3.42. The van der Waals surface area contributed by atoms with Crippen molar-refractivity contribution in [3.05, 3.63) is 72.1 Å². The van der Waals surface area contributed by atoms with E-state index in [2.05, 4.69) is 47.4 Å². The summed E-state index contributed by atoms with van der Waals surface area (Å²) in [6, 6.07) is 7.80. The molecule has 0 saturated carbocycles. The number of esters is 1. The van der Waals surface area contributed by atoms with Crippen LogP contribution in [-0.2, 0) is 43.1 Å². The summed E-state index contributed by atoms with van der Waals surface area (Å²) in [7, 11) is 0. The number of fused-ring (bicyclic) bond motifs is 8. The van der Waals surface area contributed by atoms with Crippen LogP contribution in [0.3, 0.4) is 0 Å². The van der Waals surface area contributed by atoms with Crippen molar-refractivity contribution in [2.45, 2.75) is 150 Å². The van der Waals surface area contributed by atoms with E-state index in [1.54, 1.807) is 79.9 Å². The van der Waals surface area contributed by atoms with Gasteiger partial charge in [-0.3, -0.25) is 48.4 Å². The Labute approximate surface area is 466 Å². The van der Waals surface area contributed by atoms with E-state index in [0.29, 0.717) is 23.8 Å². The summed E-state index contributed by atoms with van der Waals surface area (Å²) in [6.45, 7) is 18.8. The smallest absolute Gasteiger partial charge is 0.325 e. The van der Waals surface area contributed by atoms with E-state index >= 15 is 9.59 Å². The number of ether oxygens (including phenoxy) is 3. The molecular weight excluding hydrogens is 1030 g/mol. The number of rotatable bonds is 4. The molecule has 7 amide bonds. The van der Waals surface area contributed by atoms with E-state index in [1.807, 2.05) is 43.3 Å². The predicted molar refractivity (Wildman–Crippen MR) is 295 cm³/mol. The molecule has 0 radical (unpaired) electrons. The highest BCUT2D eigenvalue weighted by Crippen LogP contribution is 2.35. The first-order chi connectivity index (χ1) is 37.8. The molecule has 0 aliphatic carbocycles. The first kappa shape index (κ1) is 58.7. The molecular formula is C58H77N11O11. The number of carbonyl (C=O) groups is 8. The molecule has 430 valence electrons. The highest BCUT2D eigenvalue weighted by atomic mass is 16.5. The Morgan fingerprint density at radius 3 is 1.70 bits per heavy atom. The highest BCUT2D eigenvalue weighted by Gasteiger charge is 2.46. The zero-order valence-electron chi connectivity index (χ0n) is 47.6. The molecule has 7 N–H and O–H groups in total. The predicted octanol–water partition coefficient (Wildman–Crippen LogP) is 3.98. The van der Waals surface area contributed by atoms with Crippen LogP contribution in [-0.4, -0.2) is 130 Å². The second-order valence-electron chi connectivity index (χ2n) is 23.6. The van der Waals surface area contributed by atoms with Gasteiger partial charge in [-0.2, -0.15) is 0 Å². The maximum atomic E-state index is 15.2. The van der Waals surface area contributed by atoms with Crippen molar-refractivity contribution in [3.8, 4) is 11.8 Å². The van der Waals surface area contributed by atoms with E-state index in [1.165, 1.54) is 23.9 Å². The molecule has 2 aromatic heterocycles. The lowest BCUT2D eigenvalue weighted by molar-refractivity contribution is -0.157. The van der Waals surface area contributed by atoms with E-state index in [9.17, 15) is 28.8 Å². The average molecular weight is 1100 g/mol. The maximum absolute atomic E-state index is 15.2. The van der Waals surface area contributed by atoms with Gasteiger partial charge in [-0.1, -0.05) is 52.0 Å². The highest BCUT2D eigenvalue weighted by molar-refractivity contribution is 5.95. The molecule has 10 atom stereocenters. The van der Waals surface area contributed by atoms with Gasteiger partial charge in [0.2, 0.25) is 41.3 Å². The Kier molecular flexibility index (Phi) is 17.7. The lowest BCUT2D eigenvalue weighted by atomic mass is 9.75. The minimum atomic E-state index is -1.51. The molecule has 4 aliphatic rings. The number of carbonyl (C=O) groups excluding carboxylic acids is 8. The van der Waals surface area contributed by atoms with Crippen LogP contribution < -0.4 is 46.9 Å². The molecule has 80 heavy (non-hydrogen) atoms. The molecule has 6 heterocycles. The summed E-state index contributed by atoms with van der Waals surface area (Å²) in [4.78, 5) is 123. The van der Waals surface area contributed by atoms with Crippen molar-refractivity contribution < 1.29 is 52.6 Å². The molecule has 2 aromatic carbocycles. The number of nitrogens with one attached hydrogen (secondary N) is 7. The molecule has 2 fully saturated rings. The zero-order chi connectivity index (χ0) is 58.0. The van der Waals surface area contributed by atoms with E-state index in [4.69, 9.17) is 14.2 Å². The van der Waals surface area contributed by atoms with Crippen molar-refractivity contribution in [1.82, 2.24) is 57.4 Å². The summed E-state index contributed by atoms with van der Waals surface area (Å²) in [5.41, 5.74) is 5.02. The van der Waals surface area contributed by atoms with E-state index in [-0.39, 0.29) is 56.8 Å². The van der Waals surface area contributed by atoms with Gasteiger partial charge in [-0.25, -0.2) is 20.8 Å². The summed E-state index contributed by atoms with van der Waals surface area (Å²) in [5.74, 6) is -5.36. The zero-order valence-corrected chi connectivity index (χ0v) is 47.6. The van der Waals surface area contributed by atoms with Crippen molar-refractivity contribution in [3.63, 3.8) is 0 Å². The fraction of sp³-hybridized carbons (Fsp3) is 0.552.